The topological polar surface area (TPSA) is 21.3 Å². The maximum absolute atomic E-state index is 6.23. The fraction of sp³-hybridized carbons (Fsp3) is 0.250. The number of rotatable bonds is 5. The molecule has 2 aromatic rings. The molecule has 0 radical (unpaired) electrons. The van der Waals surface area contributed by atoms with E-state index >= 15 is 0 Å². The van der Waals surface area contributed by atoms with Crippen LogP contribution in [0, 0.1) is 0 Å². The minimum Gasteiger partial charge on any atom is -0.496 e. The van der Waals surface area contributed by atoms with Gasteiger partial charge in [-0.05, 0) is 42.8 Å². The van der Waals surface area contributed by atoms with Gasteiger partial charge in [0, 0.05) is 33.2 Å². The largest absolute Gasteiger partial charge is 0.496 e. The van der Waals surface area contributed by atoms with Crippen LogP contribution in [0.25, 0.3) is 0 Å². The second-order valence-corrected chi connectivity index (χ2v) is 5.94. The molecule has 0 aliphatic heterocycles. The van der Waals surface area contributed by atoms with Gasteiger partial charge in [0.2, 0.25) is 0 Å². The Morgan fingerprint density at radius 2 is 1.86 bits per heavy atom. The summed E-state index contributed by atoms with van der Waals surface area (Å²) in [5.74, 6) is 0.763. The summed E-state index contributed by atoms with van der Waals surface area (Å²) in [5.41, 5.74) is 1.88. The van der Waals surface area contributed by atoms with E-state index in [1.165, 1.54) is 0 Å². The Morgan fingerprint density at radius 1 is 1.10 bits per heavy atom. The van der Waals surface area contributed by atoms with E-state index in [2.05, 4.69) is 5.32 Å². The van der Waals surface area contributed by atoms with Crippen molar-refractivity contribution >= 4 is 34.8 Å². The zero-order chi connectivity index (χ0) is 15.4. The molecule has 0 fully saturated rings. The van der Waals surface area contributed by atoms with Crippen molar-refractivity contribution in [2.24, 2.45) is 0 Å². The molecule has 0 saturated heterocycles. The average Bonchev–Trinajstić information content (AvgIpc) is 2.47. The Bertz CT molecular complexity index is 631. The maximum Gasteiger partial charge on any atom is 0.124 e. The van der Waals surface area contributed by atoms with E-state index in [4.69, 9.17) is 39.5 Å². The lowest BCUT2D eigenvalue weighted by atomic mass is 10.1. The summed E-state index contributed by atoms with van der Waals surface area (Å²) in [6, 6.07) is 11.1. The van der Waals surface area contributed by atoms with Crippen molar-refractivity contribution in [1.29, 1.82) is 0 Å². The molecule has 0 aromatic heterocycles. The Kier molecular flexibility index (Phi) is 5.77. The molecule has 0 bridgehead atoms. The standard InChI is InChI=1S/C16H16Cl3NO/c1-10(12-8-11(17)6-7-15(12)19)20-9-13-14(18)4-3-5-16(13)21-2/h3-8,10,20H,9H2,1-2H3. The second-order valence-electron chi connectivity index (χ2n) is 4.69. The maximum atomic E-state index is 6.23. The molecular weight excluding hydrogens is 329 g/mol. The van der Waals surface area contributed by atoms with Gasteiger partial charge in [-0.25, -0.2) is 0 Å². The quantitative estimate of drug-likeness (QED) is 0.772. The van der Waals surface area contributed by atoms with E-state index in [-0.39, 0.29) is 6.04 Å². The van der Waals surface area contributed by atoms with Gasteiger partial charge in [-0.15, -0.1) is 0 Å². The Labute approximate surface area is 140 Å². The molecule has 0 aliphatic rings. The van der Waals surface area contributed by atoms with Crippen molar-refractivity contribution in [2.75, 3.05) is 7.11 Å². The normalized spacial score (nSPS) is 12.2. The molecule has 2 aromatic carbocycles. The molecule has 5 heteroatoms. The fourth-order valence-electron chi connectivity index (χ4n) is 2.11. The number of halogens is 3. The van der Waals surface area contributed by atoms with E-state index in [0.717, 1.165) is 16.9 Å². The van der Waals surface area contributed by atoms with Gasteiger partial charge in [0.15, 0.2) is 0 Å². The lowest BCUT2D eigenvalue weighted by Gasteiger charge is -2.18. The zero-order valence-corrected chi connectivity index (χ0v) is 14.1. The lowest BCUT2D eigenvalue weighted by Crippen LogP contribution is -2.19. The molecule has 0 spiro atoms. The van der Waals surface area contributed by atoms with Gasteiger partial charge in [0.25, 0.3) is 0 Å². The molecule has 0 saturated carbocycles. The fourth-order valence-corrected chi connectivity index (χ4v) is 2.81. The molecule has 0 heterocycles. The van der Waals surface area contributed by atoms with Gasteiger partial charge < -0.3 is 10.1 Å². The molecular formula is C16H16Cl3NO. The summed E-state index contributed by atoms with van der Waals surface area (Å²) in [7, 11) is 1.63. The molecule has 1 N–H and O–H groups in total. The lowest BCUT2D eigenvalue weighted by molar-refractivity contribution is 0.406. The van der Waals surface area contributed by atoms with Gasteiger partial charge in [0.05, 0.1) is 7.11 Å². The molecule has 21 heavy (non-hydrogen) atoms. The summed E-state index contributed by atoms with van der Waals surface area (Å²) in [6.07, 6.45) is 0. The van der Waals surface area contributed by atoms with E-state index in [1.54, 1.807) is 19.2 Å². The van der Waals surface area contributed by atoms with Crippen LogP contribution in [0.3, 0.4) is 0 Å². The Balaban J connectivity index is 2.15. The van der Waals surface area contributed by atoms with Gasteiger partial charge >= 0.3 is 0 Å². The zero-order valence-electron chi connectivity index (χ0n) is 11.8. The highest BCUT2D eigenvalue weighted by molar-refractivity contribution is 6.33. The number of hydrogen-bond acceptors (Lipinski definition) is 2. The monoisotopic (exact) mass is 343 g/mol. The minimum absolute atomic E-state index is 0.0391. The second kappa shape index (κ2) is 7.37. The Morgan fingerprint density at radius 3 is 2.57 bits per heavy atom. The number of ether oxygens (including phenoxy) is 1. The molecule has 112 valence electrons. The summed E-state index contributed by atoms with van der Waals surface area (Å²) in [5, 5.41) is 5.41. The van der Waals surface area contributed by atoms with Crippen molar-refractivity contribution in [2.45, 2.75) is 19.5 Å². The SMILES string of the molecule is COc1cccc(Cl)c1CNC(C)c1cc(Cl)ccc1Cl. The first-order chi connectivity index (χ1) is 10.0. The van der Waals surface area contributed by atoms with Crippen molar-refractivity contribution in [3.63, 3.8) is 0 Å². The summed E-state index contributed by atoms with van der Waals surface area (Å²) in [6.45, 7) is 2.60. The Hall–Kier alpha value is -0.930. The van der Waals surface area contributed by atoms with Crippen molar-refractivity contribution in [3.8, 4) is 5.75 Å². The number of nitrogens with one attached hydrogen (secondary N) is 1. The molecule has 1 atom stereocenters. The summed E-state index contributed by atoms with van der Waals surface area (Å²) >= 11 is 18.5. The predicted octanol–water partition coefficient (Wildman–Crippen LogP) is 5.51. The van der Waals surface area contributed by atoms with Gasteiger partial charge in [-0.2, -0.15) is 0 Å². The van der Waals surface area contributed by atoms with Gasteiger partial charge in [0.1, 0.15) is 5.75 Å². The first-order valence-electron chi connectivity index (χ1n) is 6.52. The van der Waals surface area contributed by atoms with Crippen LogP contribution in [0.15, 0.2) is 36.4 Å². The molecule has 0 amide bonds. The van der Waals surface area contributed by atoms with Crippen LogP contribution in [-0.4, -0.2) is 7.11 Å². The first-order valence-corrected chi connectivity index (χ1v) is 7.66. The minimum atomic E-state index is 0.0391. The summed E-state index contributed by atoms with van der Waals surface area (Å²) < 4.78 is 5.34. The number of hydrogen-bond donors (Lipinski definition) is 1. The van der Waals surface area contributed by atoms with E-state index < -0.39 is 0 Å². The van der Waals surface area contributed by atoms with E-state index in [1.807, 2.05) is 31.2 Å². The molecule has 2 nitrogen and oxygen atoms in total. The van der Waals surface area contributed by atoms with Crippen LogP contribution in [0.4, 0.5) is 0 Å². The highest BCUT2D eigenvalue weighted by Crippen LogP contribution is 2.29. The van der Waals surface area contributed by atoms with Crippen LogP contribution in [0.2, 0.25) is 15.1 Å². The van der Waals surface area contributed by atoms with Gasteiger partial charge in [-0.1, -0.05) is 40.9 Å². The van der Waals surface area contributed by atoms with Crippen LogP contribution >= 0.6 is 34.8 Å². The highest BCUT2D eigenvalue weighted by atomic mass is 35.5. The van der Waals surface area contributed by atoms with Crippen molar-refractivity contribution in [3.05, 3.63) is 62.6 Å². The smallest absolute Gasteiger partial charge is 0.124 e. The van der Waals surface area contributed by atoms with Crippen LogP contribution in [-0.2, 0) is 6.54 Å². The third-order valence-electron chi connectivity index (χ3n) is 3.31. The predicted molar refractivity (Wildman–Crippen MR) is 89.7 cm³/mol. The third-order valence-corrected chi connectivity index (χ3v) is 4.24. The first kappa shape index (κ1) is 16.4. The average molecular weight is 345 g/mol. The number of methoxy groups -OCH3 is 1. The highest BCUT2D eigenvalue weighted by Gasteiger charge is 2.13. The van der Waals surface area contributed by atoms with E-state index in [9.17, 15) is 0 Å². The van der Waals surface area contributed by atoms with Crippen LogP contribution in [0.5, 0.6) is 5.75 Å². The van der Waals surface area contributed by atoms with Crippen LogP contribution < -0.4 is 10.1 Å². The van der Waals surface area contributed by atoms with Crippen LogP contribution in [0.1, 0.15) is 24.1 Å². The van der Waals surface area contributed by atoms with Crippen molar-refractivity contribution in [1.82, 2.24) is 5.32 Å². The summed E-state index contributed by atoms with van der Waals surface area (Å²) in [4.78, 5) is 0. The molecule has 1 unspecified atom stereocenters. The van der Waals surface area contributed by atoms with E-state index in [0.29, 0.717) is 21.6 Å². The number of benzene rings is 2. The third kappa shape index (κ3) is 4.04. The van der Waals surface area contributed by atoms with Crippen molar-refractivity contribution < 1.29 is 4.74 Å². The molecule has 0 aliphatic carbocycles. The van der Waals surface area contributed by atoms with Gasteiger partial charge in [-0.3, -0.25) is 0 Å². The molecule has 2 rings (SSSR count).